The summed E-state index contributed by atoms with van der Waals surface area (Å²) in [6.07, 6.45) is 3.42. The molecule has 1 heterocycles. The molecule has 0 fully saturated rings. The molecule has 0 aliphatic heterocycles. The number of guanidine groups is 1. The Labute approximate surface area is 191 Å². The Morgan fingerprint density at radius 3 is 2.45 bits per heavy atom. The third-order valence-electron chi connectivity index (χ3n) is 4.47. The van der Waals surface area contributed by atoms with Gasteiger partial charge in [-0.25, -0.2) is 0 Å². The van der Waals surface area contributed by atoms with E-state index in [1.54, 1.807) is 18.1 Å². The summed E-state index contributed by atoms with van der Waals surface area (Å²) < 4.78 is 0. The summed E-state index contributed by atoms with van der Waals surface area (Å²) in [4.78, 5) is 22.5. The van der Waals surface area contributed by atoms with Crippen LogP contribution >= 0.6 is 24.0 Å². The maximum absolute atomic E-state index is 12.3. The molecular formula is C22H32IN5O. The molecule has 0 unspecified atom stereocenters. The number of aromatic nitrogens is 1. The van der Waals surface area contributed by atoms with Crippen LogP contribution in [-0.4, -0.2) is 55.5 Å². The van der Waals surface area contributed by atoms with Gasteiger partial charge in [-0.15, -0.1) is 24.0 Å². The van der Waals surface area contributed by atoms with E-state index in [0.29, 0.717) is 12.5 Å². The van der Waals surface area contributed by atoms with E-state index < -0.39 is 0 Å². The predicted octanol–water partition coefficient (Wildman–Crippen LogP) is 2.73. The van der Waals surface area contributed by atoms with Crippen molar-refractivity contribution in [2.45, 2.75) is 26.7 Å². The molecule has 29 heavy (non-hydrogen) atoms. The molecule has 0 spiro atoms. The van der Waals surface area contributed by atoms with Crippen molar-refractivity contribution in [1.82, 2.24) is 20.5 Å². The van der Waals surface area contributed by atoms with E-state index in [2.05, 4.69) is 52.7 Å². The lowest BCUT2D eigenvalue weighted by Crippen LogP contribution is -2.44. The van der Waals surface area contributed by atoms with Crippen molar-refractivity contribution in [1.29, 1.82) is 0 Å². The molecule has 0 bridgehead atoms. The third-order valence-corrected chi connectivity index (χ3v) is 4.47. The number of rotatable bonds is 8. The van der Waals surface area contributed by atoms with E-state index in [1.807, 2.05) is 25.2 Å². The van der Waals surface area contributed by atoms with Gasteiger partial charge in [-0.05, 0) is 38.0 Å². The molecule has 2 rings (SSSR count). The van der Waals surface area contributed by atoms with Gasteiger partial charge in [0.25, 0.3) is 0 Å². The van der Waals surface area contributed by atoms with Gasteiger partial charge in [-0.1, -0.05) is 35.4 Å². The SMILES string of the molecule is CN=C(NCCc1cc(C)cc(C)c1)NCC(=O)N(C)CCc1ccccn1.I. The smallest absolute Gasteiger partial charge is 0.241 e. The molecule has 0 aliphatic carbocycles. The van der Waals surface area contributed by atoms with E-state index in [0.717, 1.165) is 25.1 Å². The lowest BCUT2D eigenvalue weighted by Gasteiger charge is -2.18. The van der Waals surface area contributed by atoms with Crippen molar-refractivity contribution in [3.8, 4) is 0 Å². The van der Waals surface area contributed by atoms with Crippen LogP contribution in [0.4, 0.5) is 0 Å². The van der Waals surface area contributed by atoms with Crippen molar-refractivity contribution in [3.63, 3.8) is 0 Å². The van der Waals surface area contributed by atoms with E-state index in [9.17, 15) is 4.79 Å². The first-order valence-electron chi connectivity index (χ1n) is 9.63. The fourth-order valence-corrected chi connectivity index (χ4v) is 3.01. The van der Waals surface area contributed by atoms with Crippen LogP contribution in [0.1, 0.15) is 22.4 Å². The summed E-state index contributed by atoms with van der Waals surface area (Å²) in [6.45, 7) is 5.82. The Morgan fingerprint density at radius 1 is 1.10 bits per heavy atom. The number of pyridine rings is 1. The Hall–Kier alpha value is -2.16. The second-order valence-electron chi connectivity index (χ2n) is 6.98. The molecule has 1 amide bonds. The van der Waals surface area contributed by atoms with E-state index in [1.165, 1.54) is 16.7 Å². The number of nitrogens with zero attached hydrogens (tertiary/aromatic N) is 3. The van der Waals surface area contributed by atoms with Crippen LogP contribution in [0.15, 0.2) is 47.6 Å². The minimum absolute atomic E-state index is 0. The fraction of sp³-hybridized carbons (Fsp3) is 0.409. The molecule has 1 aromatic heterocycles. The second-order valence-corrected chi connectivity index (χ2v) is 6.98. The van der Waals surface area contributed by atoms with Crippen molar-refractivity contribution >= 4 is 35.8 Å². The molecule has 0 saturated carbocycles. The molecule has 158 valence electrons. The highest BCUT2D eigenvalue weighted by Crippen LogP contribution is 2.08. The Balaban J connectivity index is 0.00000420. The molecule has 2 N–H and O–H groups in total. The van der Waals surface area contributed by atoms with E-state index in [4.69, 9.17) is 0 Å². The van der Waals surface area contributed by atoms with Gasteiger partial charge < -0.3 is 15.5 Å². The lowest BCUT2D eigenvalue weighted by atomic mass is 10.1. The van der Waals surface area contributed by atoms with Crippen molar-refractivity contribution in [2.75, 3.05) is 33.7 Å². The third kappa shape index (κ3) is 9.25. The van der Waals surface area contributed by atoms with Gasteiger partial charge in [-0.2, -0.15) is 0 Å². The standard InChI is InChI=1S/C22H31N5O.HI/c1-17-13-18(2)15-19(14-17)8-11-25-22(23-3)26-16-21(28)27(4)12-9-20-7-5-6-10-24-20;/h5-7,10,13-15H,8-9,11-12,16H2,1-4H3,(H2,23,25,26);1H. The average molecular weight is 509 g/mol. The van der Waals surface area contributed by atoms with Crippen molar-refractivity contribution < 1.29 is 4.79 Å². The first-order chi connectivity index (χ1) is 13.5. The maximum Gasteiger partial charge on any atom is 0.241 e. The minimum atomic E-state index is 0. The average Bonchev–Trinajstić information content (AvgIpc) is 2.68. The quantitative estimate of drug-likeness (QED) is 0.326. The van der Waals surface area contributed by atoms with Gasteiger partial charge in [-0.3, -0.25) is 14.8 Å². The lowest BCUT2D eigenvalue weighted by molar-refractivity contribution is -0.128. The summed E-state index contributed by atoms with van der Waals surface area (Å²) in [7, 11) is 3.52. The first kappa shape index (κ1) is 24.9. The largest absolute Gasteiger partial charge is 0.356 e. The molecule has 0 radical (unpaired) electrons. The van der Waals surface area contributed by atoms with Crippen LogP contribution in [-0.2, 0) is 17.6 Å². The van der Waals surface area contributed by atoms with Crippen molar-refractivity contribution in [3.05, 3.63) is 65.0 Å². The fourth-order valence-electron chi connectivity index (χ4n) is 3.01. The monoisotopic (exact) mass is 509 g/mol. The molecule has 1 aromatic carbocycles. The highest BCUT2D eigenvalue weighted by Gasteiger charge is 2.10. The second kappa shape index (κ2) is 13.1. The number of hydrogen-bond acceptors (Lipinski definition) is 3. The summed E-state index contributed by atoms with van der Waals surface area (Å²) in [6, 6.07) is 12.4. The zero-order chi connectivity index (χ0) is 20.4. The Kier molecular flexibility index (Phi) is 11.3. The maximum atomic E-state index is 12.3. The van der Waals surface area contributed by atoms with Crippen LogP contribution in [0.3, 0.4) is 0 Å². The summed E-state index contributed by atoms with van der Waals surface area (Å²) in [5, 5.41) is 6.36. The van der Waals surface area contributed by atoms with Crippen LogP contribution in [0.2, 0.25) is 0 Å². The van der Waals surface area contributed by atoms with Gasteiger partial charge in [0, 0.05) is 45.5 Å². The van der Waals surface area contributed by atoms with Gasteiger partial charge in [0.05, 0.1) is 6.54 Å². The van der Waals surface area contributed by atoms with Crippen LogP contribution < -0.4 is 10.6 Å². The number of carbonyl (C=O) groups is 1. The summed E-state index contributed by atoms with van der Waals surface area (Å²) >= 11 is 0. The number of amides is 1. The van der Waals surface area contributed by atoms with Crippen molar-refractivity contribution in [2.24, 2.45) is 4.99 Å². The molecule has 7 heteroatoms. The number of carbonyl (C=O) groups excluding carboxylic acids is 1. The normalized spacial score (nSPS) is 10.8. The Bertz CT molecular complexity index is 775. The summed E-state index contributed by atoms with van der Waals surface area (Å²) in [5.74, 6) is 0.657. The topological polar surface area (TPSA) is 69.6 Å². The zero-order valence-corrected chi connectivity index (χ0v) is 20.1. The van der Waals surface area contributed by atoms with E-state index in [-0.39, 0.29) is 36.4 Å². The van der Waals surface area contributed by atoms with Crippen LogP contribution in [0.5, 0.6) is 0 Å². The van der Waals surface area contributed by atoms with Crippen LogP contribution in [0.25, 0.3) is 0 Å². The number of likely N-dealkylation sites (N-methyl/N-ethyl adjacent to an activating group) is 1. The number of nitrogens with one attached hydrogen (secondary N) is 2. The van der Waals surface area contributed by atoms with E-state index >= 15 is 0 Å². The predicted molar refractivity (Wildman–Crippen MR) is 130 cm³/mol. The molecule has 2 aromatic rings. The molecule has 0 aliphatic rings. The highest BCUT2D eigenvalue weighted by atomic mass is 127. The molecule has 6 nitrogen and oxygen atoms in total. The Morgan fingerprint density at radius 2 is 1.83 bits per heavy atom. The molecule has 0 atom stereocenters. The zero-order valence-electron chi connectivity index (χ0n) is 17.7. The highest BCUT2D eigenvalue weighted by molar-refractivity contribution is 14.0. The number of benzene rings is 1. The minimum Gasteiger partial charge on any atom is -0.356 e. The van der Waals surface area contributed by atoms with Gasteiger partial charge in [0.2, 0.25) is 5.91 Å². The van der Waals surface area contributed by atoms with Crippen LogP contribution in [0, 0.1) is 13.8 Å². The number of aryl methyl sites for hydroxylation is 2. The molecular weight excluding hydrogens is 477 g/mol. The van der Waals surface area contributed by atoms with Gasteiger partial charge in [0.1, 0.15) is 0 Å². The summed E-state index contributed by atoms with van der Waals surface area (Å²) in [5.41, 5.74) is 4.83. The van der Waals surface area contributed by atoms with Gasteiger partial charge in [0.15, 0.2) is 5.96 Å². The number of halogens is 1. The first-order valence-corrected chi connectivity index (χ1v) is 9.63. The molecule has 0 saturated heterocycles. The number of hydrogen-bond donors (Lipinski definition) is 2. The van der Waals surface area contributed by atoms with Gasteiger partial charge >= 0.3 is 0 Å². The number of aliphatic imine (C=N–C) groups is 1.